The van der Waals surface area contributed by atoms with Gasteiger partial charge in [0, 0.05) is 17.8 Å². The van der Waals surface area contributed by atoms with Crippen molar-refractivity contribution in [2.24, 2.45) is 0 Å². The van der Waals surface area contributed by atoms with Crippen molar-refractivity contribution >= 4 is 23.2 Å². The normalized spacial score (nSPS) is 13.6. The topological polar surface area (TPSA) is 73.2 Å². The Labute approximate surface area is 146 Å². The molecule has 0 radical (unpaired) electrons. The van der Waals surface area contributed by atoms with E-state index in [1.165, 1.54) is 0 Å². The van der Waals surface area contributed by atoms with Crippen LogP contribution in [0.1, 0.15) is 24.0 Å². The minimum Gasteiger partial charge on any atom is -0.325 e. The van der Waals surface area contributed by atoms with Crippen LogP contribution in [0.2, 0.25) is 0 Å². The zero-order chi connectivity index (χ0) is 17.6. The standard InChI is InChI=1S/C20H19N3O2/c21-13-12-15-8-10-17(11-9-15)22-19(24)14-23-18-6-2-1-4-16(18)5-3-7-20(23)25/h1-2,4,6,8-11H,3,5,7,12,14H2,(H,22,24). The second-order valence-electron chi connectivity index (χ2n) is 6.04. The van der Waals surface area contributed by atoms with Crippen LogP contribution in [-0.4, -0.2) is 18.4 Å². The third-order valence-electron chi connectivity index (χ3n) is 4.24. The maximum atomic E-state index is 12.4. The lowest BCUT2D eigenvalue weighted by Crippen LogP contribution is -2.37. The van der Waals surface area contributed by atoms with Gasteiger partial charge < -0.3 is 10.2 Å². The summed E-state index contributed by atoms with van der Waals surface area (Å²) in [7, 11) is 0. The average molecular weight is 333 g/mol. The Kier molecular flexibility index (Phi) is 5.10. The van der Waals surface area contributed by atoms with Gasteiger partial charge >= 0.3 is 0 Å². The number of nitrogens with one attached hydrogen (secondary N) is 1. The highest BCUT2D eigenvalue weighted by Crippen LogP contribution is 2.26. The number of benzene rings is 2. The molecule has 1 N–H and O–H groups in total. The minimum absolute atomic E-state index is 0.00417. The fourth-order valence-corrected chi connectivity index (χ4v) is 3.00. The van der Waals surface area contributed by atoms with Crippen LogP contribution in [0.5, 0.6) is 0 Å². The van der Waals surface area contributed by atoms with Crippen molar-refractivity contribution in [1.29, 1.82) is 5.26 Å². The van der Waals surface area contributed by atoms with Crippen LogP contribution >= 0.6 is 0 Å². The third-order valence-corrected chi connectivity index (χ3v) is 4.24. The minimum atomic E-state index is -0.238. The summed E-state index contributed by atoms with van der Waals surface area (Å²) in [5.41, 5.74) is 3.48. The van der Waals surface area contributed by atoms with E-state index in [2.05, 4.69) is 11.4 Å². The van der Waals surface area contributed by atoms with Crippen molar-refractivity contribution in [3.8, 4) is 6.07 Å². The van der Waals surface area contributed by atoms with E-state index in [0.29, 0.717) is 18.5 Å². The number of nitrogens with zero attached hydrogens (tertiary/aromatic N) is 2. The number of rotatable bonds is 4. The lowest BCUT2D eigenvalue weighted by Gasteiger charge is -2.22. The van der Waals surface area contributed by atoms with E-state index in [4.69, 9.17) is 5.26 Å². The van der Waals surface area contributed by atoms with E-state index in [-0.39, 0.29) is 18.4 Å². The molecule has 2 amide bonds. The van der Waals surface area contributed by atoms with Gasteiger partial charge in [0.1, 0.15) is 6.54 Å². The van der Waals surface area contributed by atoms with E-state index in [0.717, 1.165) is 29.7 Å². The maximum absolute atomic E-state index is 12.4. The van der Waals surface area contributed by atoms with Crippen LogP contribution < -0.4 is 10.2 Å². The Morgan fingerprint density at radius 3 is 2.64 bits per heavy atom. The SMILES string of the molecule is N#CCc1ccc(NC(=O)CN2C(=O)CCCc3ccccc32)cc1. The lowest BCUT2D eigenvalue weighted by molar-refractivity contribution is -0.121. The first-order valence-electron chi connectivity index (χ1n) is 8.31. The van der Waals surface area contributed by atoms with Crippen molar-refractivity contribution in [1.82, 2.24) is 0 Å². The van der Waals surface area contributed by atoms with Gasteiger partial charge in [0.05, 0.1) is 12.5 Å². The molecule has 1 aliphatic rings. The van der Waals surface area contributed by atoms with Gasteiger partial charge in [0.15, 0.2) is 0 Å². The summed E-state index contributed by atoms with van der Waals surface area (Å²) in [6, 6.07) is 17.0. The molecule has 0 spiro atoms. The van der Waals surface area contributed by atoms with Gasteiger partial charge in [-0.3, -0.25) is 9.59 Å². The number of carbonyl (C=O) groups is 2. The van der Waals surface area contributed by atoms with Crippen LogP contribution in [0, 0.1) is 11.3 Å². The number of amides is 2. The largest absolute Gasteiger partial charge is 0.325 e. The second kappa shape index (κ2) is 7.63. The molecule has 0 aliphatic carbocycles. The Morgan fingerprint density at radius 1 is 1.12 bits per heavy atom. The van der Waals surface area contributed by atoms with E-state index in [1.54, 1.807) is 17.0 Å². The highest BCUT2D eigenvalue weighted by Gasteiger charge is 2.23. The number of carbonyl (C=O) groups excluding carboxylic acids is 2. The smallest absolute Gasteiger partial charge is 0.244 e. The van der Waals surface area contributed by atoms with Crippen molar-refractivity contribution in [2.75, 3.05) is 16.8 Å². The van der Waals surface area contributed by atoms with Gasteiger partial charge in [-0.1, -0.05) is 30.3 Å². The molecule has 3 rings (SSSR count). The van der Waals surface area contributed by atoms with Crippen molar-refractivity contribution in [3.05, 3.63) is 59.7 Å². The number of hydrogen-bond donors (Lipinski definition) is 1. The third kappa shape index (κ3) is 4.04. The van der Waals surface area contributed by atoms with Gasteiger partial charge in [-0.2, -0.15) is 5.26 Å². The van der Waals surface area contributed by atoms with Crippen LogP contribution in [0.3, 0.4) is 0 Å². The number of anilines is 2. The Bertz CT molecular complexity index is 822. The molecule has 1 aliphatic heterocycles. The number of aryl methyl sites for hydroxylation is 1. The first-order valence-corrected chi connectivity index (χ1v) is 8.31. The van der Waals surface area contributed by atoms with Crippen LogP contribution in [-0.2, 0) is 22.4 Å². The molecule has 0 fully saturated rings. The Morgan fingerprint density at radius 2 is 1.88 bits per heavy atom. The zero-order valence-corrected chi connectivity index (χ0v) is 13.9. The average Bonchev–Trinajstić information content (AvgIpc) is 2.76. The first-order chi connectivity index (χ1) is 12.2. The maximum Gasteiger partial charge on any atom is 0.244 e. The summed E-state index contributed by atoms with van der Waals surface area (Å²) in [6.45, 7) is -0.00417. The van der Waals surface area contributed by atoms with E-state index < -0.39 is 0 Å². The predicted octanol–water partition coefficient (Wildman–Crippen LogP) is 3.06. The van der Waals surface area contributed by atoms with Crippen molar-refractivity contribution < 1.29 is 9.59 Å². The van der Waals surface area contributed by atoms with Crippen LogP contribution in [0.15, 0.2) is 48.5 Å². The molecule has 2 aromatic carbocycles. The number of hydrogen-bond acceptors (Lipinski definition) is 3. The molecule has 5 heteroatoms. The number of nitriles is 1. The quantitative estimate of drug-likeness (QED) is 0.934. The fraction of sp³-hybridized carbons (Fsp3) is 0.250. The van der Waals surface area contributed by atoms with Gasteiger partial charge in [0.25, 0.3) is 0 Å². The zero-order valence-electron chi connectivity index (χ0n) is 13.9. The second-order valence-corrected chi connectivity index (χ2v) is 6.04. The first kappa shape index (κ1) is 16.7. The summed E-state index contributed by atoms with van der Waals surface area (Å²) < 4.78 is 0. The van der Waals surface area contributed by atoms with Crippen molar-refractivity contribution in [3.63, 3.8) is 0 Å². The molecule has 0 saturated heterocycles. The molecule has 5 nitrogen and oxygen atoms in total. The molecule has 0 aromatic heterocycles. The fourth-order valence-electron chi connectivity index (χ4n) is 3.00. The Balaban J connectivity index is 1.71. The molecule has 0 saturated carbocycles. The van der Waals surface area contributed by atoms with E-state index in [9.17, 15) is 9.59 Å². The van der Waals surface area contributed by atoms with Crippen LogP contribution in [0.4, 0.5) is 11.4 Å². The molecule has 0 unspecified atom stereocenters. The lowest BCUT2D eigenvalue weighted by atomic mass is 10.1. The van der Waals surface area contributed by atoms with Crippen molar-refractivity contribution in [2.45, 2.75) is 25.7 Å². The van der Waals surface area contributed by atoms with Gasteiger partial charge in [-0.15, -0.1) is 0 Å². The monoisotopic (exact) mass is 333 g/mol. The molecular weight excluding hydrogens is 314 g/mol. The number of fused-ring (bicyclic) bond motifs is 1. The summed E-state index contributed by atoms with van der Waals surface area (Å²) in [5.74, 6) is -0.262. The summed E-state index contributed by atoms with van der Waals surface area (Å²) in [4.78, 5) is 26.4. The highest BCUT2D eigenvalue weighted by atomic mass is 16.2. The molecule has 126 valence electrons. The molecule has 1 heterocycles. The predicted molar refractivity (Wildman–Crippen MR) is 96.1 cm³/mol. The van der Waals surface area contributed by atoms with E-state index >= 15 is 0 Å². The van der Waals surface area contributed by atoms with Gasteiger partial charge in [-0.25, -0.2) is 0 Å². The molecule has 0 atom stereocenters. The van der Waals surface area contributed by atoms with E-state index in [1.807, 2.05) is 36.4 Å². The summed E-state index contributed by atoms with van der Waals surface area (Å²) in [5, 5.41) is 11.5. The van der Waals surface area contributed by atoms with Gasteiger partial charge in [-0.05, 0) is 42.2 Å². The molecule has 2 aromatic rings. The summed E-state index contributed by atoms with van der Waals surface area (Å²) in [6.07, 6.45) is 2.44. The number of para-hydroxylation sites is 1. The van der Waals surface area contributed by atoms with Gasteiger partial charge in [0.2, 0.25) is 11.8 Å². The highest BCUT2D eigenvalue weighted by molar-refractivity contribution is 6.03. The molecular formula is C20H19N3O2. The Hall–Kier alpha value is -3.13. The summed E-state index contributed by atoms with van der Waals surface area (Å²) >= 11 is 0. The molecule has 0 bridgehead atoms. The molecule has 25 heavy (non-hydrogen) atoms. The van der Waals surface area contributed by atoms with Crippen LogP contribution in [0.25, 0.3) is 0 Å².